The second-order valence-corrected chi connectivity index (χ2v) is 5.54. The maximum atomic E-state index is 5.67. The lowest BCUT2D eigenvalue weighted by atomic mass is 10.1. The van der Waals surface area contributed by atoms with Crippen LogP contribution in [-0.2, 0) is 4.74 Å². The van der Waals surface area contributed by atoms with Gasteiger partial charge in [0.25, 0.3) is 0 Å². The van der Waals surface area contributed by atoms with Gasteiger partial charge in [0, 0.05) is 13.2 Å². The molecular weight excluding hydrogens is 174 g/mol. The zero-order valence-electron chi connectivity index (χ0n) is 9.51. The van der Waals surface area contributed by atoms with Crippen LogP contribution in [0.5, 0.6) is 0 Å². The first kappa shape index (κ1) is 10.4. The van der Waals surface area contributed by atoms with Crippen molar-refractivity contribution in [2.24, 2.45) is 11.3 Å². The van der Waals surface area contributed by atoms with Crippen LogP contribution in [0.2, 0.25) is 0 Å². The van der Waals surface area contributed by atoms with E-state index >= 15 is 0 Å². The van der Waals surface area contributed by atoms with Crippen molar-refractivity contribution in [2.45, 2.75) is 45.6 Å². The van der Waals surface area contributed by atoms with Gasteiger partial charge in [-0.15, -0.1) is 0 Å². The molecule has 82 valence electrons. The summed E-state index contributed by atoms with van der Waals surface area (Å²) in [5.41, 5.74) is 0.612. The largest absolute Gasteiger partial charge is 0.377 e. The Morgan fingerprint density at radius 3 is 2.64 bits per heavy atom. The fraction of sp³-hybridized carbons (Fsp3) is 1.00. The molecule has 1 N–H and O–H groups in total. The van der Waals surface area contributed by atoms with Crippen molar-refractivity contribution in [3.8, 4) is 0 Å². The number of hydrogen-bond acceptors (Lipinski definition) is 2. The van der Waals surface area contributed by atoms with Gasteiger partial charge in [-0.1, -0.05) is 13.8 Å². The molecule has 2 nitrogen and oxygen atoms in total. The standard InChI is InChI=1S/C12H23NO/c1-12(2)7-10(12)8-13-9-11-5-3-4-6-14-11/h10-11,13H,3-9H2,1-2H3. The fourth-order valence-corrected chi connectivity index (χ4v) is 2.31. The van der Waals surface area contributed by atoms with Gasteiger partial charge in [-0.3, -0.25) is 0 Å². The third-order valence-corrected chi connectivity index (χ3v) is 3.75. The summed E-state index contributed by atoms with van der Waals surface area (Å²) >= 11 is 0. The zero-order valence-corrected chi connectivity index (χ0v) is 9.51. The van der Waals surface area contributed by atoms with E-state index in [9.17, 15) is 0 Å². The first-order chi connectivity index (χ1) is 6.68. The highest BCUT2D eigenvalue weighted by Gasteiger charge is 2.44. The Kier molecular flexibility index (Phi) is 3.13. The van der Waals surface area contributed by atoms with E-state index in [1.165, 1.54) is 32.2 Å². The molecule has 0 aromatic heterocycles. The van der Waals surface area contributed by atoms with Gasteiger partial charge in [0.2, 0.25) is 0 Å². The van der Waals surface area contributed by atoms with Crippen LogP contribution in [-0.4, -0.2) is 25.8 Å². The molecule has 0 radical (unpaired) electrons. The number of hydrogen-bond donors (Lipinski definition) is 1. The summed E-state index contributed by atoms with van der Waals surface area (Å²) in [6.07, 6.45) is 5.74. The summed E-state index contributed by atoms with van der Waals surface area (Å²) in [7, 11) is 0. The van der Waals surface area contributed by atoms with Crippen LogP contribution in [0.25, 0.3) is 0 Å². The van der Waals surface area contributed by atoms with Gasteiger partial charge in [0.05, 0.1) is 6.10 Å². The molecule has 2 unspecified atom stereocenters. The third kappa shape index (κ3) is 2.71. The normalized spacial score (nSPS) is 35.6. The van der Waals surface area contributed by atoms with Crippen LogP contribution in [0.4, 0.5) is 0 Å². The molecule has 2 fully saturated rings. The second kappa shape index (κ2) is 4.19. The summed E-state index contributed by atoms with van der Waals surface area (Å²) in [5.74, 6) is 0.908. The lowest BCUT2D eigenvalue weighted by molar-refractivity contribution is 0.0168. The lowest BCUT2D eigenvalue weighted by Crippen LogP contribution is -2.33. The molecule has 1 saturated carbocycles. The van der Waals surface area contributed by atoms with E-state index in [0.29, 0.717) is 11.5 Å². The Bertz CT molecular complexity index is 185. The van der Waals surface area contributed by atoms with E-state index in [4.69, 9.17) is 4.74 Å². The Hall–Kier alpha value is -0.0800. The van der Waals surface area contributed by atoms with Gasteiger partial charge in [-0.25, -0.2) is 0 Å². The molecule has 1 aliphatic carbocycles. The highest BCUT2D eigenvalue weighted by atomic mass is 16.5. The first-order valence-corrected chi connectivity index (χ1v) is 6.01. The van der Waals surface area contributed by atoms with Gasteiger partial charge < -0.3 is 10.1 Å². The maximum Gasteiger partial charge on any atom is 0.0699 e. The molecule has 1 saturated heterocycles. The average Bonchev–Trinajstić information content (AvgIpc) is 2.76. The average molecular weight is 197 g/mol. The smallest absolute Gasteiger partial charge is 0.0699 e. The predicted octanol–water partition coefficient (Wildman–Crippen LogP) is 2.19. The van der Waals surface area contributed by atoms with Crippen LogP contribution in [0.1, 0.15) is 39.5 Å². The molecule has 0 aromatic rings. The van der Waals surface area contributed by atoms with Crippen LogP contribution >= 0.6 is 0 Å². The summed E-state index contributed by atoms with van der Waals surface area (Å²) in [6.45, 7) is 7.94. The SMILES string of the molecule is CC1(C)CC1CNCC1CCCCO1. The molecule has 0 bridgehead atoms. The highest BCUT2D eigenvalue weighted by Crippen LogP contribution is 2.50. The predicted molar refractivity (Wildman–Crippen MR) is 58.3 cm³/mol. The quantitative estimate of drug-likeness (QED) is 0.746. The minimum atomic E-state index is 0.491. The minimum absolute atomic E-state index is 0.491. The molecule has 1 heterocycles. The van der Waals surface area contributed by atoms with Crippen molar-refractivity contribution in [1.82, 2.24) is 5.32 Å². The Morgan fingerprint density at radius 2 is 2.07 bits per heavy atom. The number of ether oxygens (including phenoxy) is 1. The Labute approximate surface area is 87.4 Å². The maximum absolute atomic E-state index is 5.67. The summed E-state index contributed by atoms with van der Waals surface area (Å²) in [6, 6.07) is 0. The minimum Gasteiger partial charge on any atom is -0.377 e. The van der Waals surface area contributed by atoms with Gasteiger partial charge in [0.15, 0.2) is 0 Å². The van der Waals surface area contributed by atoms with E-state index in [-0.39, 0.29) is 0 Å². The molecule has 2 heteroatoms. The second-order valence-electron chi connectivity index (χ2n) is 5.54. The van der Waals surface area contributed by atoms with Crippen LogP contribution in [0, 0.1) is 11.3 Å². The molecule has 2 rings (SSSR count). The van der Waals surface area contributed by atoms with Gasteiger partial charge >= 0.3 is 0 Å². The molecule has 0 amide bonds. The molecule has 0 spiro atoms. The summed E-state index contributed by atoms with van der Waals surface area (Å²) in [4.78, 5) is 0. The Morgan fingerprint density at radius 1 is 1.29 bits per heavy atom. The molecule has 1 aliphatic heterocycles. The molecule has 2 atom stereocenters. The van der Waals surface area contributed by atoms with Crippen molar-refractivity contribution < 1.29 is 4.74 Å². The van der Waals surface area contributed by atoms with E-state index in [0.717, 1.165) is 19.1 Å². The third-order valence-electron chi connectivity index (χ3n) is 3.75. The van der Waals surface area contributed by atoms with Crippen molar-refractivity contribution >= 4 is 0 Å². The topological polar surface area (TPSA) is 21.3 Å². The van der Waals surface area contributed by atoms with E-state index in [1.54, 1.807) is 0 Å². The number of rotatable bonds is 4. The van der Waals surface area contributed by atoms with E-state index < -0.39 is 0 Å². The molecule has 0 aromatic carbocycles. The zero-order chi connectivity index (χ0) is 10.0. The van der Waals surface area contributed by atoms with Crippen LogP contribution in [0.3, 0.4) is 0 Å². The molecular formula is C12H23NO. The van der Waals surface area contributed by atoms with Gasteiger partial charge in [-0.2, -0.15) is 0 Å². The fourth-order valence-electron chi connectivity index (χ4n) is 2.31. The van der Waals surface area contributed by atoms with Crippen molar-refractivity contribution in [3.05, 3.63) is 0 Å². The lowest BCUT2D eigenvalue weighted by Gasteiger charge is -2.22. The van der Waals surface area contributed by atoms with Gasteiger partial charge in [0.1, 0.15) is 0 Å². The monoisotopic (exact) mass is 197 g/mol. The summed E-state index contributed by atoms with van der Waals surface area (Å²) in [5, 5.41) is 3.55. The van der Waals surface area contributed by atoms with Crippen LogP contribution < -0.4 is 5.32 Å². The van der Waals surface area contributed by atoms with Crippen molar-refractivity contribution in [3.63, 3.8) is 0 Å². The van der Waals surface area contributed by atoms with Crippen molar-refractivity contribution in [1.29, 1.82) is 0 Å². The number of nitrogens with one attached hydrogen (secondary N) is 1. The Balaban J connectivity index is 1.54. The van der Waals surface area contributed by atoms with E-state index in [2.05, 4.69) is 19.2 Å². The highest BCUT2D eigenvalue weighted by molar-refractivity contribution is 4.96. The molecule has 14 heavy (non-hydrogen) atoms. The summed E-state index contributed by atoms with van der Waals surface area (Å²) < 4.78 is 5.67. The van der Waals surface area contributed by atoms with Crippen LogP contribution in [0.15, 0.2) is 0 Å². The van der Waals surface area contributed by atoms with Crippen molar-refractivity contribution in [2.75, 3.05) is 19.7 Å². The molecule has 2 aliphatic rings. The first-order valence-electron chi connectivity index (χ1n) is 6.01. The van der Waals surface area contributed by atoms with E-state index in [1.807, 2.05) is 0 Å². The van der Waals surface area contributed by atoms with Gasteiger partial charge in [-0.05, 0) is 43.6 Å².